The molecule has 1 aromatic carbocycles. The van der Waals surface area contributed by atoms with Gasteiger partial charge in [-0.1, -0.05) is 37.5 Å². The van der Waals surface area contributed by atoms with Gasteiger partial charge in [-0.15, -0.1) is 0 Å². The van der Waals surface area contributed by atoms with Gasteiger partial charge in [0, 0.05) is 6.04 Å². The molecule has 1 aliphatic carbocycles. The van der Waals surface area contributed by atoms with Crippen LogP contribution >= 0.6 is 0 Å². The zero-order valence-electron chi connectivity index (χ0n) is 10.3. The molecule has 0 aliphatic heterocycles. The van der Waals surface area contributed by atoms with Crippen molar-refractivity contribution in [3.8, 4) is 5.75 Å². The van der Waals surface area contributed by atoms with Crippen LogP contribution in [0.3, 0.4) is 0 Å². The van der Waals surface area contributed by atoms with Crippen LogP contribution in [0.4, 0.5) is 0 Å². The topological polar surface area (TPSA) is 47.3 Å². The van der Waals surface area contributed by atoms with E-state index in [9.17, 15) is 0 Å². The van der Waals surface area contributed by atoms with Crippen LogP contribution in [0.5, 0.6) is 5.75 Å². The third kappa shape index (κ3) is 4.02. The molecule has 0 saturated heterocycles. The zero-order valence-corrected chi connectivity index (χ0v) is 10.3. The van der Waals surface area contributed by atoms with E-state index in [2.05, 4.69) is 5.43 Å². The minimum absolute atomic E-state index is 0.393. The Labute approximate surface area is 103 Å². The Morgan fingerprint density at radius 1 is 1.29 bits per heavy atom. The van der Waals surface area contributed by atoms with Crippen molar-refractivity contribution in [2.45, 2.75) is 38.1 Å². The normalized spacial score (nSPS) is 17.5. The lowest BCUT2D eigenvalue weighted by molar-refractivity contribution is 0.227. The van der Waals surface area contributed by atoms with Crippen LogP contribution in [0.2, 0.25) is 0 Å². The van der Waals surface area contributed by atoms with E-state index in [0.29, 0.717) is 6.04 Å². The number of nitrogens with two attached hydrogens (primary N) is 1. The van der Waals surface area contributed by atoms with Gasteiger partial charge < -0.3 is 4.74 Å². The summed E-state index contributed by atoms with van der Waals surface area (Å²) in [5, 5.41) is 0. The van der Waals surface area contributed by atoms with Gasteiger partial charge in [-0.05, 0) is 30.9 Å². The third-order valence-corrected chi connectivity index (χ3v) is 3.56. The van der Waals surface area contributed by atoms with Crippen LogP contribution in [0.25, 0.3) is 0 Å². The fourth-order valence-corrected chi connectivity index (χ4v) is 2.24. The molecule has 1 unspecified atom stereocenters. The number of nitrogens with one attached hydrogen (secondary N) is 1. The Hall–Kier alpha value is -1.06. The van der Waals surface area contributed by atoms with Crippen molar-refractivity contribution in [2.24, 2.45) is 11.8 Å². The number of hydrogen-bond acceptors (Lipinski definition) is 3. The highest BCUT2D eigenvalue weighted by atomic mass is 16.5. The minimum Gasteiger partial charge on any atom is -0.494 e. The molecule has 1 fully saturated rings. The van der Waals surface area contributed by atoms with Crippen molar-refractivity contribution >= 4 is 0 Å². The summed E-state index contributed by atoms with van der Waals surface area (Å²) in [7, 11) is 0. The van der Waals surface area contributed by atoms with Crippen LogP contribution < -0.4 is 16.0 Å². The molecule has 0 amide bonds. The van der Waals surface area contributed by atoms with E-state index < -0.39 is 0 Å². The van der Waals surface area contributed by atoms with E-state index in [1.54, 1.807) is 0 Å². The van der Waals surface area contributed by atoms with Crippen LogP contribution in [-0.2, 0) is 0 Å². The summed E-state index contributed by atoms with van der Waals surface area (Å²) in [6.07, 6.45) is 6.30. The van der Waals surface area contributed by atoms with Crippen molar-refractivity contribution in [3.63, 3.8) is 0 Å². The molecule has 0 bridgehead atoms. The second-order valence-corrected chi connectivity index (χ2v) is 4.85. The lowest BCUT2D eigenvalue weighted by Crippen LogP contribution is -2.38. The molecule has 3 N–H and O–H groups in total. The van der Waals surface area contributed by atoms with Crippen molar-refractivity contribution in [1.82, 2.24) is 5.43 Å². The molecule has 0 aromatic heterocycles. The highest BCUT2D eigenvalue weighted by Gasteiger charge is 2.21. The molecule has 0 radical (unpaired) electrons. The summed E-state index contributed by atoms with van der Waals surface area (Å²) in [6.45, 7) is 0.728. The van der Waals surface area contributed by atoms with Gasteiger partial charge in [-0.25, -0.2) is 0 Å². The lowest BCUT2D eigenvalue weighted by atomic mass is 9.80. The van der Waals surface area contributed by atoms with E-state index in [4.69, 9.17) is 10.6 Å². The average molecular weight is 234 g/mol. The minimum atomic E-state index is 0.393. The molecule has 1 aliphatic rings. The maximum absolute atomic E-state index is 5.68. The smallest absolute Gasteiger partial charge is 0.119 e. The standard InChI is InChI=1S/C14H22N2O/c15-16-13(11-12-5-4-6-12)9-10-17-14-7-2-1-3-8-14/h1-3,7-8,12-13,16H,4-6,9-11,15H2. The molecular weight excluding hydrogens is 212 g/mol. The largest absolute Gasteiger partial charge is 0.494 e. The average Bonchev–Trinajstić information content (AvgIpc) is 2.32. The predicted molar refractivity (Wildman–Crippen MR) is 69.6 cm³/mol. The van der Waals surface area contributed by atoms with Gasteiger partial charge in [0.2, 0.25) is 0 Å². The van der Waals surface area contributed by atoms with Crippen molar-refractivity contribution in [2.75, 3.05) is 6.61 Å². The Morgan fingerprint density at radius 2 is 2.06 bits per heavy atom. The molecule has 3 heteroatoms. The Balaban J connectivity index is 1.65. The summed E-state index contributed by atoms with van der Waals surface area (Å²) in [6, 6.07) is 10.3. The lowest BCUT2D eigenvalue weighted by Gasteiger charge is -2.29. The summed E-state index contributed by atoms with van der Waals surface area (Å²) >= 11 is 0. The number of hydrazine groups is 1. The van der Waals surface area contributed by atoms with Crippen LogP contribution in [-0.4, -0.2) is 12.6 Å². The van der Waals surface area contributed by atoms with Gasteiger partial charge in [0.25, 0.3) is 0 Å². The first-order valence-corrected chi connectivity index (χ1v) is 6.52. The maximum Gasteiger partial charge on any atom is 0.119 e. The summed E-state index contributed by atoms with van der Waals surface area (Å²) < 4.78 is 5.68. The van der Waals surface area contributed by atoms with E-state index in [0.717, 1.165) is 24.7 Å². The molecule has 1 atom stereocenters. The number of rotatable bonds is 7. The SMILES string of the molecule is NNC(CCOc1ccccc1)CC1CCC1. The highest BCUT2D eigenvalue weighted by Crippen LogP contribution is 2.30. The molecule has 0 spiro atoms. The van der Waals surface area contributed by atoms with E-state index in [-0.39, 0.29) is 0 Å². The van der Waals surface area contributed by atoms with Crippen molar-refractivity contribution in [1.29, 1.82) is 0 Å². The zero-order chi connectivity index (χ0) is 11.9. The molecule has 1 saturated carbocycles. The fraction of sp³-hybridized carbons (Fsp3) is 0.571. The summed E-state index contributed by atoms with van der Waals surface area (Å²) in [5.41, 5.74) is 2.91. The molecule has 2 rings (SSSR count). The van der Waals surface area contributed by atoms with Gasteiger partial charge in [0.15, 0.2) is 0 Å². The molecule has 3 nitrogen and oxygen atoms in total. The number of para-hydroxylation sites is 1. The monoisotopic (exact) mass is 234 g/mol. The molecule has 17 heavy (non-hydrogen) atoms. The highest BCUT2D eigenvalue weighted by molar-refractivity contribution is 5.20. The maximum atomic E-state index is 5.68. The first-order valence-electron chi connectivity index (χ1n) is 6.52. The first kappa shape index (κ1) is 12.4. The second-order valence-electron chi connectivity index (χ2n) is 4.85. The van der Waals surface area contributed by atoms with E-state index in [1.165, 1.54) is 25.7 Å². The van der Waals surface area contributed by atoms with Crippen LogP contribution in [0.1, 0.15) is 32.1 Å². The fourth-order valence-electron chi connectivity index (χ4n) is 2.24. The van der Waals surface area contributed by atoms with Crippen molar-refractivity contribution in [3.05, 3.63) is 30.3 Å². The quantitative estimate of drug-likeness (QED) is 0.563. The molecular formula is C14H22N2O. The first-order chi connectivity index (χ1) is 8.38. The molecule has 0 heterocycles. The predicted octanol–water partition coefficient (Wildman–Crippen LogP) is 2.48. The third-order valence-electron chi connectivity index (χ3n) is 3.56. The van der Waals surface area contributed by atoms with Crippen molar-refractivity contribution < 1.29 is 4.74 Å². The Morgan fingerprint density at radius 3 is 2.65 bits per heavy atom. The van der Waals surface area contributed by atoms with Gasteiger partial charge in [0.1, 0.15) is 5.75 Å². The molecule has 1 aromatic rings. The van der Waals surface area contributed by atoms with Gasteiger partial charge >= 0.3 is 0 Å². The Bertz CT molecular complexity index is 311. The summed E-state index contributed by atoms with van der Waals surface area (Å²) in [5.74, 6) is 7.39. The van der Waals surface area contributed by atoms with Crippen LogP contribution in [0.15, 0.2) is 30.3 Å². The number of hydrogen-bond donors (Lipinski definition) is 2. The number of benzene rings is 1. The van der Waals surface area contributed by atoms with Gasteiger partial charge in [-0.3, -0.25) is 11.3 Å². The van der Waals surface area contributed by atoms with E-state index >= 15 is 0 Å². The Kier molecular flexibility index (Phi) is 4.83. The van der Waals surface area contributed by atoms with Gasteiger partial charge in [-0.2, -0.15) is 0 Å². The second kappa shape index (κ2) is 6.62. The van der Waals surface area contributed by atoms with Crippen LogP contribution in [0, 0.1) is 5.92 Å². The number of ether oxygens (including phenoxy) is 1. The summed E-state index contributed by atoms with van der Waals surface area (Å²) in [4.78, 5) is 0. The van der Waals surface area contributed by atoms with Gasteiger partial charge in [0.05, 0.1) is 6.61 Å². The molecule has 94 valence electrons. The van der Waals surface area contributed by atoms with E-state index in [1.807, 2.05) is 30.3 Å².